The lowest BCUT2D eigenvalue weighted by Gasteiger charge is -2.27. The van der Waals surface area contributed by atoms with E-state index in [1.165, 1.54) is 18.9 Å². The van der Waals surface area contributed by atoms with Gasteiger partial charge >= 0.3 is 5.97 Å². The van der Waals surface area contributed by atoms with Crippen LogP contribution in [0, 0.1) is 0 Å². The quantitative estimate of drug-likeness (QED) is 0.868. The number of carboxylic acid groups (broad SMARTS) is 1. The predicted molar refractivity (Wildman–Crippen MR) is 67.9 cm³/mol. The number of carbonyl (C=O) groups excluding carboxylic acids is 1. The normalized spacial score (nSPS) is 11.7. The average Bonchev–Trinajstić information content (AvgIpc) is 2.34. The summed E-state index contributed by atoms with van der Waals surface area (Å²) in [6.07, 6.45) is 0.339. The Kier molecular flexibility index (Phi) is 4.71. The number of amides is 1. The molecule has 0 aliphatic rings. The highest BCUT2D eigenvalue weighted by atomic mass is 16.5. The van der Waals surface area contributed by atoms with E-state index in [-0.39, 0.29) is 5.91 Å². The van der Waals surface area contributed by atoms with Crippen molar-refractivity contribution >= 4 is 17.6 Å². The number of carbonyl (C=O) groups is 2. The minimum Gasteiger partial charge on any atom is -0.497 e. The first kappa shape index (κ1) is 14.0. The van der Waals surface area contributed by atoms with Gasteiger partial charge in [0.2, 0.25) is 5.91 Å². The third-order valence-electron chi connectivity index (χ3n) is 2.65. The highest BCUT2D eigenvalue weighted by molar-refractivity contribution is 5.97. The van der Waals surface area contributed by atoms with Crippen molar-refractivity contribution in [1.82, 2.24) is 0 Å². The molecule has 1 aromatic rings. The highest BCUT2D eigenvalue weighted by Gasteiger charge is 2.27. The summed E-state index contributed by atoms with van der Waals surface area (Å²) >= 11 is 0. The first-order valence-corrected chi connectivity index (χ1v) is 5.68. The molecule has 1 aromatic carbocycles. The van der Waals surface area contributed by atoms with Gasteiger partial charge in [0.05, 0.1) is 7.11 Å². The van der Waals surface area contributed by atoms with Gasteiger partial charge < -0.3 is 9.84 Å². The number of rotatable bonds is 5. The Morgan fingerprint density at radius 3 is 2.56 bits per heavy atom. The maximum absolute atomic E-state index is 11.7. The molecular weight excluding hydrogens is 234 g/mol. The molecule has 98 valence electrons. The van der Waals surface area contributed by atoms with E-state index in [0.717, 1.165) is 0 Å². The smallest absolute Gasteiger partial charge is 0.326 e. The van der Waals surface area contributed by atoms with Crippen molar-refractivity contribution in [2.45, 2.75) is 26.3 Å². The number of ether oxygens (including phenoxy) is 1. The van der Waals surface area contributed by atoms with Gasteiger partial charge in [-0.2, -0.15) is 0 Å². The zero-order valence-electron chi connectivity index (χ0n) is 10.7. The van der Waals surface area contributed by atoms with Crippen LogP contribution < -0.4 is 9.64 Å². The lowest BCUT2D eigenvalue weighted by molar-refractivity contribution is -0.140. The molecule has 0 heterocycles. The largest absolute Gasteiger partial charge is 0.497 e. The van der Waals surface area contributed by atoms with Crippen molar-refractivity contribution in [3.8, 4) is 5.75 Å². The second kappa shape index (κ2) is 6.05. The topological polar surface area (TPSA) is 66.8 Å². The molecule has 0 radical (unpaired) electrons. The van der Waals surface area contributed by atoms with E-state index in [0.29, 0.717) is 17.9 Å². The van der Waals surface area contributed by atoms with Gasteiger partial charge in [-0.15, -0.1) is 0 Å². The van der Waals surface area contributed by atoms with Crippen LogP contribution in [0.15, 0.2) is 24.3 Å². The molecule has 1 unspecified atom stereocenters. The molecule has 0 bridgehead atoms. The molecule has 0 spiro atoms. The lowest BCUT2D eigenvalue weighted by atomic mass is 10.1. The number of nitrogens with zero attached hydrogens (tertiary/aromatic N) is 1. The minimum absolute atomic E-state index is 0.308. The zero-order valence-corrected chi connectivity index (χ0v) is 10.7. The Morgan fingerprint density at radius 1 is 1.44 bits per heavy atom. The third-order valence-corrected chi connectivity index (χ3v) is 2.65. The minimum atomic E-state index is -1.02. The number of carboxylic acids is 1. The van der Waals surface area contributed by atoms with E-state index in [9.17, 15) is 9.59 Å². The van der Waals surface area contributed by atoms with E-state index in [2.05, 4.69) is 0 Å². The Morgan fingerprint density at radius 2 is 2.11 bits per heavy atom. The van der Waals surface area contributed by atoms with E-state index < -0.39 is 12.0 Å². The van der Waals surface area contributed by atoms with Crippen LogP contribution >= 0.6 is 0 Å². The number of hydrogen-bond acceptors (Lipinski definition) is 3. The average molecular weight is 251 g/mol. The van der Waals surface area contributed by atoms with Crippen molar-refractivity contribution in [2.75, 3.05) is 12.0 Å². The van der Waals surface area contributed by atoms with Crippen LogP contribution in [0.4, 0.5) is 5.69 Å². The summed E-state index contributed by atoms with van der Waals surface area (Å²) in [6, 6.07) is 5.93. The fourth-order valence-corrected chi connectivity index (χ4v) is 1.81. The summed E-state index contributed by atoms with van der Waals surface area (Å²) in [5, 5.41) is 9.16. The molecule has 5 nitrogen and oxygen atoms in total. The van der Waals surface area contributed by atoms with Crippen LogP contribution in [0.3, 0.4) is 0 Å². The second-order valence-corrected chi connectivity index (χ2v) is 3.85. The van der Waals surface area contributed by atoms with Gasteiger partial charge in [-0.1, -0.05) is 13.0 Å². The van der Waals surface area contributed by atoms with Gasteiger partial charge in [-0.25, -0.2) is 4.79 Å². The molecule has 0 aromatic heterocycles. The first-order chi connectivity index (χ1) is 8.51. The molecule has 5 heteroatoms. The van der Waals surface area contributed by atoms with Crippen LogP contribution in [-0.2, 0) is 9.59 Å². The van der Waals surface area contributed by atoms with Gasteiger partial charge in [0.25, 0.3) is 0 Å². The molecule has 18 heavy (non-hydrogen) atoms. The maximum Gasteiger partial charge on any atom is 0.326 e. The van der Waals surface area contributed by atoms with Crippen molar-refractivity contribution < 1.29 is 19.4 Å². The van der Waals surface area contributed by atoms with E-state index >= 15 is 0 Å². The van der Waals surface area contributed by atoms with Crippen LogP contribution in [0.2, 0.25) is 0 Å². The predicted octanol–water partition coefficient (Wildman–Crippen LogP) is 1.91. The van der Waals surface area contributed by atoms with Crippen molar-refractivity contribution in [1.29, 1.82) is 0 Å². The molecular formula is C13H17NO4. The van der Waals surface area contributed by atoms with Gasteiger partial charge in [0.1, 0.15) is 11.8 Å². The Labute approximate surface area is 106 Å². The summed E-state index contributed by atoms with van der Waals surface area (Å²) in [5.41, 5.74) is 0.524. The summed E-state index contributed by atoms with van der Waals surface area (Å²) in [6.45, 7) is 3.08. The Balaban J connectivity index is 3.18. The van der Waals surface area contributed by atoms with E-state index in [4.69, 9.17) is 9.84 Å². The summed E-state index contributed by atoms with van der Waals surface area (Å²) < 4.78 is 5.07. The summed E-state index contributed by atoms with van der Waals surface area (Å²) in [5.74, 6) is -0.744. The van der Waals surface area contributed by atoms with Crippen molar-refractivity contribution in [3.05, 3.63) is 24.3 Å². The molecule has 0 fully saturated rings. The second-order valence-electron chi connectivity index (χ2n) is 3.85. The first-order valence-electron chi connectivity index (χ1n) is 5.68. The maximum atomic E-state index is 11.7. The molecule has 1 atom stereocenters. The number of benzene rings is 1. The van der Waals surface area contributed by atoms with Gasteiger partial charge in [0.15, 0.2) is 0 Å². The monoisotopic (exact) mass is 251 g/mol. The highest BCUT2D eigenvalue weighted by Crippen LogP contribution is 2.24. The molecule has 1 N–H and O–H groups in total. The Bertz CT molecular complexity index is 444. The number of hydrogen-bond donors (Lipinski definition) is 1. The number of methoxy groups -OCH3 is 1. The van der Waals surface area contributed by atoms with Crippen molar-refractivity contribution in [3.63, 3.8) is 0 Å². The number of aliphatic carboxylic acids is 1. The zero-order chi connectivity index (χ0) is 13.7. The molecule has 0 saturated heterocycles. The van der Waals surface area contributed by atoms with E-state index in [1.807, 2.05) is 0 Å². The Hall–Kier alpha value is -2.04. The van der Waals surface area contributed by atoms with Crippen LogP contribution in [0.1, 0.15) is 20.3 Å². The van der Waals surface area contributed by atoms with Gasteiger partial charge in [0, 0.05) is 18.7 Å². The van der Waals surface area contributed by atoms with Crippen LogP contribution in [-0.4, -0.2) is 30.1 Å². The third kappa shape index (κ3) is 3.00. The number of anilines is 1. The summed E-state index contributed by atoms with van der Waals surface area (Å²) in [7, 11) is 1.52. The molecule has 0 aliphatic heterocycles. The van der Waals surface area contributed by atoms with Crippen LogP contribution in [0.5, 0.6) is 5.75 Å². The van der Waals surface area contributed by atoms with Gasteiger partial charge in [-0.05, 0) is 18.6 Å². The van der Waals surface area contributed by atoms with Crippen molar-refractivity contribution in [2.24, 2.45) is 0 Å². The standard InChI is InChI=1S/C13H17NO4/c1-4-12(13(16)17)14(9(2)15)10-6-5-7-11(8-10)18-3/h5-8,12H,4H2,1-3H3,(H,16,17). The van der Waals surface area contributed by atoms with Crippen LogP contribution in [0.25, 0.3) is 0 Å². The molecule has 0 saturated carbocycles. The fraction of sp³-hybridized carbons (Fsp3) is 0.385. The molecule has 1 rings (SSSR count). The van der Waals surface area contributed by atoms with Gasteiger partial charge in [-0.3, -0.25) is 9.69 Å². The SMILES string of the molecule is CCC(C(=O)O)N(C(C)=O)c1cccc(OC)c1. The lowest BCUT2D eigenvalue weighted by Crippen LogP contribution is -2.43. The summed E-state index contributed by atoms with van der Waals surface area (Å²) in [4.78, 5) is 24.1. The fourth-order valence-electron chi connectivity index (χ4n) is 1.81. The molecule has 1 amide bonds. The van der Waals surface area contributed by atoms with E-state index in [1.54, 1.807) is 31.2 Å². The molecule has 0 aliphatic carbocycles.